The van der Waals surface area contributed by atoms with E-state index in [0.717, 1.165) is 38.2 Å². The van der Waals surface area contributed by atoms with Gasteiger partial charge in [-0.05, 0) is 56.5 Å². The fourth-order valence-electron chi connectivity index (χ4n) is 4.38. The number of benzene rings is 1. The number of thiophene rings is 1. The lowest BCUT2D eigenvalue weighted by Crippen LogP contribution is -2.39. The highest BCUT2D eigenvalue weighted by Crippen LogP contribution is 2.31. The van der Waals surface area contributed by atoms with Gasteiger partial charge in [0, 0.05) is 40.6 Å². The summed E-state index contributed by atoms with van der Waals surface area (Å²) in [6, 6.07) is 4.76. The maximum absolute atomic E-state index is 13.5. The van der Waals surface area contributed by atoms with E-state index in [4.69, 9.17) is 0 Å². The molecule has 1 atom stereocenters. The monoisotopic (exact) mass is 496 g/mol. The Hall–Kier alpha value is -2.91. The first-order valence-corrected chi connectivity index (χ1v) is 13.0. The molecule has 0 radical (unpaired) electrons. The van der Waals surface area contributed by atoms with Crippen molar-refractivity contribution in [1.82, 2.24) is 19.9 Å². The second-order valence-electron chi connectivity index (χ2n) is 8.59. The van der Waals surface area contributed by atoms with E-state index in [9.17, 15) is 14.0 Å². The smallest absolute Gasteiger partial charge is 0.259 e. The molecule has 0 bridgehead atoms. The summed E-state index contributed by atoms with van der Waals surface area (Å²) in [5, 5.41) is 1.40. The van der Waals surface area contributed by atoms with Crippen molar-refractivity contribution in [1.29, 1.82) is 0 Å². The highest BCUT2D eigenvalue weighted by molar-refractivity contribution is 7.99. The molecule has 4 aromatic rings. The number of carbonyl (C=O) groups excluding carboxylic acids is 1. The molecule has 9 heteroatoms. The van der Waals surface area contributed by atoms with E-state index in [2.05, 4.69) is 21.0 Å². The molecule has 5 rings (SSSR count). The highest BCUT2D eigenvalue weighted by Gasteiger charge is 2.24. The summed E-state index contributed by atoms with van der Waals surface area (Å²) in [6.07, 6.45) is 4.74. The number of carbonyl (C=O) groups is 1. The third kappa shape index (κ3) is 4.18. The lowest BCUT2D eigenvalue weighted by atomic mass is 9.99. The van der Waals surface area contributed by atoms with Crippen LogP contribution in [0.2, 0.25) is 0 Å². The Kier molecular flexibility index (Phi) is 6.07. The molecule has 3 aromatic heterocycles. The van der Waals surface area contributed by atoms with E-state index in [1.165, 1.54) is 40.8 Å². The summed E-state index contributed by atoms with van der Waals surface area (Å²) in [5.74, 6) is 0.878. The first kappa shape index (κ1) is 22.9. The first-order valence-electron chi connectivity index (χ1n) is 11.2. The zero-order valence-electron chi connectivity index (χ0n) is 19.2. The van der Waals surface area contributed by atoms with Crippen molar-refractivity contribution in [2.75, 3.05) is 13.1 Å². The van der Waals surface area contributed by atoms with Gasteiger partial charge in [0.1, 0.15) is 16.5 Å². The zero-order valence-corrected chi connectivity index (χ0v) is 20.8. The summed E-state index contributed by atoms with van der Waals surface area (Å²) in [5.41, 5.74) is 3.87. The molecular weight excluding hydrogens is 471 g/mol. The molecule has 0 fully saturated rings. The van der Waals surface area contributed by atoms with Crippen LogP contribution in [0.4, 0.5) is 4.39 Å². The topological polar surface area (TPSA) is 81.8 Å². The number of thioether (sulfide) groups is 1. The van der Waals surface area contributed by atoms with Gasteiger partial charge in [-0.2, -0.15) is 0 Å². The van der Waals surface area contributed by atoms with Crippen LogP contribution in [0.15, 0.2) is 35.3 Å². The number of aryl methyl sites for hydroxylation is 2. The molecule has 1 aromatic carbocycles. The number of hydrogen-bond acceptors (Lipinski definition) is 5. The number of nitrogens with one attached hydrogen (secondary N) is 2. The van der Waals surface area contributed by atoms with Gasteiger partial charge in [0.2, 0.25) is 5.91 Å². The number of fused-ring (bicyclic) bond motifs is 2. The van der Waals surface area contributed by atoms with Gasteiger partial charge in [0.15, 0.2) is 0 Å². The number of nitrogens with zero attached hydrogens (tertiary/aromatic N) is 2. The fraction of sp³-hybridized carbons (Fsp3) is 0.320. The predicted octanol–water partition coefficient (Wildman–Crippen LogP) is 5.16. The van der Waals surface area contributed by atoms with Crippen LogP contribution in [-0.2, 0) is 10.5 Å². The molecule has 34 heavy (non-hydrogen) atoms. The number of hydrogen-bond donors (Lipinski definition) is 2. The summed E-state index contributed by atoms with van der Waals surface area (Å²) >= 11 is 3.01. The molecule has 1 aliphatic rings. The second-order valence-corrected chi connectivity index (χ2v) is 11.1. The van der Waals surface area contributed by atoms with E-state index in [-0.39, 0.29) is 22.5 Å². The number of rotatable bonds is 5. The lowest BCUT2D eigenvalue weighted by molar-refractivity contribution is -0.129. The third-order valence-electron chi connectivity index (χ3n) is 6.42. The first-order chi connectivity index (χ1) is 16.3. The quantitative estimate of drug-likeness (QED) is 0.400. The van der Waals surface area contributed by atoms with E-state index < -0.39 is 0 Å². The van der Waals surface area contributed by atoms with Crippen molar-refractivity contribution in [3.8, 4) is 0 Å². The van der Waals surface area contributed by atoms with Crippen LogP contribution in [0, 0.1) is 19.7 Å². The molecule has 176 valence electrons. The lowest BCUT2D eigenvalue weighted by Gasteiger charge is -2.28. The Labute approximate surface area is 204 Å². The standard InChI is InChI=1S/C25H25FN4O2S2/c1-13-14(2)34-24-22(13)23(31)28-21(29-24)12-33-15(3)25(32)30-8-6-16(7-9-30)19-11-27-20-10-17(26)4-5-18(19)20/h4-6,10-11,15,27H,7-9,12H2,1-3H3,(H,28,29,31). The van der Waals surface area contributed by atoms with E-state index in [1.54, 1.807) is 6.07 Å². The molecule has 1 aliphatic heterocycles. The Morgan fingerprint density at radius 2 is 2.18 bits per heavy atom. The van der Waals surface area contributed by atoms with E-state index >= 15 is 0 Å². The van der Waals surface area contributed by atoms with Gasteiger partial charge in [-0.15, -0.1) is 23.1 Å². The largest absolute Gasteiger partial charge is 0.360 e. The molecule has 0 saturated heterocycles. The molecule has 6 nitrogen and oxygen atoms in total. The van der Waals surface area contributed by atoms with Gasteiger partial charge in [-0.25, -0.2) is 9.37 Å². The van der Waals surface area contributed by atoms with Crippen molar-refractivity contribution in [2.24, 2.45) is 0 Å². The summed E-state index contributed by atoms with van der Waals surface area (Å²) in [7, 11) is 0. The van der Waals surface area contributed by atoms with Gasteiger partial charge < -0.3 is 14.9 Å². The molecule has 1 amide bonds. The second kappa shape index (κ2) is 9.03. The van der Waals surface area contributed by atoms with Crippen molar-refractivity contribution in [3.63, 3.8) is 0 Å². The average molecular weight is 497 g/mol. The van der Waals surface area contributed by atoms with Crippen LogP contribution in [0.3, 0.4) is 0 Å². The molecule has 0 aliphatic carbocycles. The minimum Gasteiger partial charge on any atom is -0.360 e. The van der Waals surface area contributed by atoms with Crippen LogP contribution in [0.25, 0.3) is 26.7 Å². The summed E-state index contributed by atoms with van der Waals surface area (Å²) in [6.45, 7) is 7.01. The molecule has 0 spiro atoms. The molecular formula is C25H25FN4O2S2. The van der Waals surface area contributed by atoms with Crippen LogP contribution >= 0.6 is 23.1 Å². The van der Waals surface area contributed by atoms with Crippen LogP contribution in [0.5, 0.6) is 0 Å². The van der Waals surface area contributed by atoms with E-state index in [0.29, 0.717) is 30.1 Å². The third-order valence-corrected chi connectivity index (χ3v) is 8.66. The van der Waals surface area contributed by atoms with Crippen molar-refractivity contribution in [3.05, 3.63) is 68.5 Å². The van der Waals surface area contributed by atoms with Crippen LogP contribution in [0.1, 0.15) is 35.2 Å². The van der Waals surface area contributed by atoms with Gasteiger partial charge in [0.05, 0.1) is 16.4 Å². The normalized spacial score (nSPS) is 15.2. The Morgan fingerprint density at radius 1 is 1.35 bits per heavy atom. The van der Waals surface area contributed by atoms with Crippen LogP contribution < -0.4 is 5.56 Å². The maximum atomic E-state index is 13.5. The minimum absolute atomic E-state index is 0.0764. The Morgan fingerprint density at radius 3 is 2.94 bits per heavy atom. The molecule has 2 N–H and O–H groups in total. The van der Waals surface area contributed by atoms with E-state index in [1.807, 2.05) is 31.9 Å². The number of aromatic amines is 2. The fourth-order valence-corrected chi connectivity index (χ4v) is 6.26. The number of amides is 1. The molecule has 1 unspecified atom stereocenters. The Bertz CT molecular complexity index is 1500. The Balaban J connectivity index is 1.23. The summed E-state index contributed by atoms with van der Waals surface area (Å²) < 4.78 is 13.5. The van der Waals surface area contributed by atoms with Gasteiger partial charge in [-0.3, -0.25) is 9.59 Å². The van der Waals surface area contributed by atoms with Gasteiger partial charge in [0.25, 0.3) is 5.56 Å². The highest BCUT2D eigenvalue weighted by atomic mass is 32.2. The van der Waals surface area contributed by atoms with Crippen molar-refractivity contribution >= 4 is 55.7 Å². The minimum atomic E-state index is -0.262. The van der Waals surface area contributed by atoms with Crippen LogP contribution in [-0.4, -0.2) is 44.1 Å². The number of halogens is 1. The number of H-pyrrole nitrogens is 2. The SMILES string of the molecule is Cc1sc2nc(CSC(C)C(=O)N3CC=C(c4c[nH]c5cc(F)ccc45)CC3)[nH]c(=O)c2c1C. The summed E-state index contributed by atoms with van der Waals surface area (Å²) in [4.78, 5) is 39.8. The van der Waals surface area contributed by atoms with Crippen molar-refractivity contribution in [2.45, 2.75) is 38.2 Å². The molecule has 0 saturated carbocycles. The average Bonchev–Trinajstić information content (AvgIpc) is 3.37. The zero-order chi connectivity index (χ0) is 24.0. The molecule has 4 heterocycles. The van der Waals surface area contributed by atoms with Gasteiger partial charge >= 0.3 is 0 Å². The van der Waals surface area contributed by atoms with Gasteiger partial charge in [-0.1, -0.05) is 6.08 Å². The van der Waals surface area contributed by atoms with Crippen molar-refractivity contribution < 1.29 is 9.18 Å². The number of aromatic nitrogens is 3. The predicted molar refractivity (Wildman–Crippen MR) is 138 cm³/mol. The maximum Gasteiger partial charge on any atom is 0.259 e.